The summed E-state index contributed by atoms with van der Waals surface area (Å²) in [6, 6.07) is 18.6. The molecule has 0 aliphatic carbocycles. The molecule has 0 fully saturated rings. The van der Waals surface area contributed by atoms with Crippen LogP contribution in [0.3, 0.4) is 0 Å². The van der Waals surface area contributed by atoms with E-state index in [1.54, 1.807) is 25.4 Å². The SMILES string of the molecule is COC(=O)C(C#N)=C(c1ccccc1OC)c1ccnc2ccccc12. The van der Waals surface area contributed by atoms with Gasteiger partial charge < -0.3 is 9.47 Å². The second kappa shape index (κ2) is 7.49. The summed E-state index contributed by atoms with van der Waals surface area (Å²) in [5, 5.41) is 10.5. The van der Waals surface area contributed by atoms with E-state index >= 15 is 0 Å². The summed E-state index contributed by atoms with van der Waals surface area (Å²) in [5.74, 6) is -0.144. The number of methoxy groups -OCH3 is 2. The van der Waals surface area contributed by atoms with E-state index in [0.717, 1.165) is 10.9 Å². The molecule has 26 heavy (non-hydrogen) atoms. The van der Waals surface area contributed by atoms with Gasteiger partial charge in [0.2, 0.25) is 0 Å². The van der Waals surface area contributed by atoms with Crippen LogP contribution in [0.2, 0.25) is 0 Å². The van der Waals surface area contributed by atoms with Crippen molar-refractivity contribution in [3.8, 4) is 11.8 Å². The van der Waals surface area contributed by atoms with Crippen LogP contribution in [-0.4, -0.2) is 25.2 Å². The molecule has 0 saturated carbocycles. The fourth-order valence-electron chi connectivity index (χ4n) is 2.89. The maximum Gasteiger partial charge on any atom is 0.349 e. The molecule has 0 atom stereocenters. The van der Waals surface area contributed by atoms with Gasteiger partial charge in [0.25, 0.3) is 0 Å². The number of nitriles is 1. The summed E-state index contributed by atoms with van der Waals surface area (Å²) >= 11 is 0. The molecule has 0 radical (unpaired) electrons. The highest BCUT2D eigenvalue weighted by Gasteiger charge is 2.23. The molecule has 5 heteroatoms. The highest BCUT2D eigenvalue weighted by atomic mass is 16.5. The zero-order chi connectivity index (χ0) is 18.5. The van der Waals surface area contributed by atoms with Crippen LogP contribution in [0.4, 0.5) is 0 Å². The summed E-state index contributed by atoms with van der Waals surface area (Å²) in [4.78, 5) is 16.7. The molecule has 2 aromatic carbocycles. The summed E-state index contributed by atoms with van der Waals surface area (Å²) in [5.41, 5.74) is 2.47. The van der Waals surface area contributed by atoms with Gasteiger partial charge in [0.05, 0.1) is 19.7 Å². The van der Waals surface area contributed by atoms with Crippen LogP contribution < -0.4 is 4.74 Å². The summed E-state index contributed by atoms with van der Waals surface area (Å²) in [6.07, 6.45) is 1.65. The lowest BCUT2D eigenvalue weighted by Crippen LogP contribution is -2.08. The number of para-hydroxylation sites is 2. The van der Waals surface area contributed by atoms with Crippen molar-refractivity contribution < 1.29 is 14.3 Å². The van der Waals surface area contributed by atoms with Crippen LogP contribution in [0.25, 0.3) is 16.5 Å². The maximum absolute atomic E-state index is 12.3. The molecule has 0 saturated heterocycles. The van der Waals surface area contributed by atoms with Crippen molar-refractivity contribution in [3.05, 3.63) is 77.5 Å². The van der Waals surface area contributed by atoms with Crippen LogP contribution in [0.1, 0.15) is 11.1 Å². The summed E-state index contributed by atoms with van der Waals surface area (Å²) in [7, 11) is 2.80. The summed E-state index contributed by atoms with van der Waals surface area (Å²) in [6.45, 7) is 0. The molecule has 1 heterocycles. The van der Waals surface area contributed by atoms with Crippen LogP contribution in [0, 0.1) is 11.3 Å². The van der Waals surface area contributed by atoms with Gasteiger partial charge in [0.1, 0.15) is 17.4 Å². The first-order chi connectivity index (χ1) is 12.7. The monoisotopic (exact) mass is 344 g/mol. The van der Waals surface area contributed by atoms with Gasteiger partial charge in [-0.25, -0.2) is 4.79 Å². The number of pyridine rings is 1. The van der Waals surface area contributed by atoms with E-state index in [2.05, 4.69) is 4.98 Å². The third-order valence-electron chi connectivity index (χ3n) is 4.05. The van der Waals surface area contributed by atoms with E-state index in [1.807, 2.05) is 48.5 Å². The van der Waals surface area contributed by atoms with Gasteiger partial charge >= 0.3 is 5.97 Å². The number of benzene rings is 2. The number of hydrogen-bond acceptors (Lipinski definition) is 5. The maximum atomic E-state index is 12.3. The van der Waals surface area contributed by atoms with Gasteiger partial charge in [-0.15, -0.1) is 0 Å². The van der Waals surface area contributed by atoms with E-state index in [-0.39, 0.29) is 5.57 Å². The molecular formula is C21H16N2O3. The first-order valence-corrected chi connectivity index (χ1v) is 7.91. The molecule has 5 nitrogen and oxygen atoms in total. The molecule has 0 aliphatic heterocycles. The lowest BCUT2D eigenvalue weighted by Gasteiger charge is -2.16. The Kier molecular flexibility index (Phi) is 4.95. The van der Waals surface area contributed by atoms with Gasteiger partial charge in [-0.2, -0.15) is 5.26 Å². The number of carbonyl (C=O) groups is 1. The summed E-state index contributed by atoms with van der Waals surface area (Å²) < 4.78 is 10.3. The smallest absolute Gasteiger partial charge is 0.349 e. The molecule has 0 unspecified atom stereocenters. The van der Waals surface area contributed by atoms with Gasteiger partial charge in [-0.3, -0.25) is 4.98 Å². The Balaban J connectivity index is 2.44. The quantitative estimate of drug-likeness (QED) is 0.409. The van der Waals surface area contributed by atoms with Crippen LogP contribution in [0.5, 0.6) is 5.75 Å². The molecular weight excluding hydrogens is 328 g/mol. The third kappa shape index (κ3) is 3.01. The molecule has 0 amide bonds. The standard InChI is InChI=1S/C21H16N2O3/c1-25-19-10-6-4-8-16(19)20(17(13-22)21(24)26-2)15-11-12-23-18-9-5-3-7-14(15)18/h3-12H,1-2H3. The van der Waals surface area contributed by atoms with Crippen molar-refractivity contribution >= 4 is 22.4 Å². The van der Waals surface area contributed by atoms with Crippen molar-refractivity contribution in [2.75, 3.05) is 14.2 Å². The normalized spacial score (nSPS) is 11.4. The second-order valence-electron chi connectivity index (χ2n) is 5.43. The number of carbonyl (C=O) groups excluding carboxylic acids is 1. The van der Waals surface area contributed by atoms with Crippen LogP contribution in [-0.2, 0) is 9.53 Å². The molecule has 3 rings (SSSR count). The molecule has 0 spiro atoms. The first-order valence-electron chi connectivity index (χ1n) is 7.91. The fourth-order valence-corrected chi connectivity index (χ4v) is 2.89. The zero-order valence-corrected chi connectivity index (χ0v) is 14.4. The highest BCUT2D eigenvalue weighted by Crippen LogP contribution is 2.36. The van der Waals surface area contributed by atoms with E-state index in [1.165, 1.54) is 7.11 Å². The molecule has 3 aromatic rings. The van der Waals surface area contributed by atoms with E-state index < -0.39 is 5.97 Å². The Bertz CT molecular complexity index is 1040. The molecule has 0 bridgehead atoms. The minimum absolute atomic E-state index is 0.0895. The third-order valence-corrected chi connectivity index (χ3v) is 4.05. The average molecular weight is 344 g/mol. The van der Waals surface area contributed by atoms with Crippen molar-refractivity contribution in [2.24, 2.45) is 0 Å². The van der Waals surface area contributed by atoms with Gasteiger partial charge in [0, 0.05) is 22.7 Å². The minimum Gasteiger partial charge on any atom is -0.496 e. The topological polar surface area (TPSA) is 72.2 Å². The predicted molar refractivity (Wildman–Crippen MR) is 98.4 cm³/mol. The molecule has 128 valence electrons. The number of hydrogen-bond donors (Lipinski definition) is 0. The van der Waals surface area contributed by atoms with Crippen LogP contribution >= 0.6 is 0 Å². The molecule has 0 N–H and O–H groups in total. The van der Waals surface area contributed by atoms with Gasteiger partial charge in [-0.05, 0) is 23.8 Å². The number of ether oxygens (including phenoxy) is 2. The lowest BCUT2D eigenvalue weighted by atomic mass is 9.90. The fraction of sp³-hybridized carbons (Fsp3) is 0.0952. The van der Waals surface area contributed by atoms with Crippen LogP contribution in [0.15, 0.2) is 66.4 Å². The lowest BCUT2D eigenvalue weighted by molar-refractivity contribution is -0.135. The van der Waals surface area contributed by atoms with E-state index in [4.69, 9.17) is 9.47 Å². The highest BCUT2D eigenvalue weighted by molar-refractivity contribution is 6.09. The van der Waals surface area contributed by atoms with Crippen molar-refractivity contribution in [1.29, 1.82) is 5.26 Å². The average Bonchev–Trinajstić information content (AvgIpc) is 2.71. The number of aromatic nitrogens is 1. The number of nitrogens with zero attached hydrogens (tertiary/aromatic N) is 2. The minimum atomic E-state index is -0.700. The predicted octanol–water partition coefficient (Wildman–Crippen LogP) is 3.74. The number of rotatable bonds is 4. The van der Waals surface area contributed by atoms with Crippen molar-refractivity contribution in [2.45, 2.75) is 0 Å². The van der Waals surface area contributed by atoms with Gasteiger partial charge in [-0.1, -0.05) is 36.4 Å². The number of fused-ring (bicyclic) bond motifs is 1. The van der Waals surface area contributed by atoms with E-state index in [9.17, 15) is 10.1 Å². The largest absolute Gasteiger partial charge is 0.496 e. The van der Waals surface area contributed by atoms with Crippen molar-refractivity contribution in [3.63, 3.8) is 0 Å². The number of esters is 1. The molecule has 0 aliphatic rings. The second-order valence-corrected chi connectivity index (χ2v) is 5.43. The Labute approximate surface area is 151 Å². The Morgan fingerprint density at radius 3 is 2.46 bits per heavy atom. The Morgan fingerprint density at radius 2 is 1.73 bits per heavy atom. The van der Waals surface area contributed by atoms with Gasteiger partial charge in [0.15, 0.2) is 0 Å². The zero-order valence-electron chi connectivity index (χ0n) is 14.4. The van der Waals surface area contributed by atoms with Crippen molar-refractivity contribution in [1.82, 2.24) is 4.98 Å². The molecule has 1 aromatic heterocycles. The van der Waals surface area contributed by atoms with E-state index in [0.29, 0.717) is 22.4 Å². The Morgan fingerprint density at radius 1 is 1.00 bits per heavy atom. The first kappa shape index (κ1) is 17.2. The Hall–Kier alpha value is -3.65.